The molecule has 0 spiro atoms. The minimum absolute atomic E-state index is 0.0556. The fourth-order valence-electron chi connectivity index (χ4n) is 3.76. The number of unbranched alkanes of at least 4 members (excludes halogenated alkanes) is 10. The van der Waals surface area contributed by atoms with E-state index in [4.69, 9.17) is 14.8 Å². The highest BCUT2D eigenvalue weighted by atomic mass is 31.2. The number of allylic oxidation sites excluding steroid dienone is 1. The summed E-state index contributed by atoms with van der Waals surface area (Å²) >= 11 is 0. The summed E-state index contributed by atoms with van der Waals surface area (Å²) in [6, 6.07) is -0.902. The highest BCUT2D eigenvalue weighted by Gasteiger charge is 2.28. The first-order valence-electron chi connectivity index (χ1n) is 13.9. The van der Waals surface area contributed by atoms with Gasteiger partial charge in [-0.2, -0.15) is 0 Å². The molecule has 1 amide bonds. The zero-order chi connectivity index (χ0) is 27.1. The van der Waals surface area contributed by atoms with Gasteiger partial charge in [0.1, 0.15) is 0 Å². The number of phosphoric acid groups is 1. The van der Waals surface area contributed by atoms with E-state index < -0.39 is 38.6 Å². The van der Waals surface area contributed by atoms with Crippen molar-refractivity contribution in [2.45, 2.75) is 128 Å². The van der Waals surface area contributed by atoms with Crippen molar-refractivity contribution in [1.29, 1.82) is 0 Å². The summed E-state index contributed by atoms with van der Waals surface area (Å²) in [6.07, 6.45) is 16.0. The second kappa shape index (κ2) is 23.3. The number of nitrogens with two attached hydrogens (primary N) is 1. The number of rotatable bonds is 25. The summed E-state index contributed by atoms with van der Waals surface area (Å²) in [5.41, 5.74) is 5.29. The Kier molecular flexibility index (Phi) is 22.8. The van der Waals surface area contributed by atoms with Crippen LogP contribution in [-0.4, -0.2) is 59.0 Å². The minimum atomic E-state index is -4.35. The predicted octanol–water partition coefficient (Wildman–Crippen LogP) is 4.73. The Labute approximate surface area is 218 Å². The van der Waals surface area contributed by atoms with Crippen molar-refractivity contribution in [3.63, 3.8) is 0 Å². The van der Waals surface area contributed by atoms with E-state index in [0.717, 1.165) is 38.5 Å². The van der Waals surface area contributed by atoms with Gasteiger partial charge in [0.25, 0.3) is 0 Å². The number of hydrogen-bond acceptors (Lipinski definition) is 7. The third-order valence-electron chi connectivity index (χ3n) is 5.92. The van der Waals surface area contributed by atoms with Crippen LogP contribution in [0.2, 0.25) is 0 Å². The van der Waals surface area contributed by atoms with Crippen LogP contribution in [0.4, 0.5) is 0 Å². The second-order valence-electron chi connectivity index (χ2n) is 9.45. The molecule has 10 heteroatoms. The first-order valence-corrected chi connectivity index (χ1v) is 15.4. The van der Waals surface area contributed by atoms with Crippen molar-refractivity contribution in [2.24, 2.45) is 5.73 Å². The van der Waals surface area contributed by atoms with Crippen LogP contribution < -0.4 is 11.1 Å². The van der Waals surface area contributed by atoms with Crippen LogP contribution in [0.15, 0.2) is 12.2 Å². The summed E-state index contributed by atoms with van der Waals surface area (Å²) in [7, 11) is -4.35. The molecule has 0 bridgehead atoms. The van der Waals surface area contributed by atoms with E-state index in [9.17, 15) is 24.5 Å². The Morgan fingerprint density at radius 1 is 0.944 bits per heavy atom. The minimum Gasteiger partial charge on any atom is -0.392 e. The summed E-state index contributed by atoms with van der Waals surface area (Å²) in [4.78, 5) is 22.3. The lowest BCUT2D eigenvalue weighted by molar-refractivity contribution is -0.125. The predicted molar refractivity (Wildman–Crippen MR) is 144 cm³/mol. The smallest absolute Gasteiger partial charge is 0.392 e. The Hall–Kier alpha value is -0.800. The fraction of sp³-hybridized carbons (Fsp3) is 0.885. The molecule has 0 aliphatic carbocycles. The molecule has 0 aliphatic heterocycles. The average molecular weight is 537 g/mol. The number of phosphoric ester groups is 1. The highest BCUT2D eigenvalue weighted by molar-refractivity contribution is 7.47. The zero-order valence-corrected chi connectivity index (χ0v) is 23.5. The number of aliphatic hydroxyl groups excluding tert-OH is 2. The summed E-state index contributed by atoms with van der Waals surface area (Å²) < 4.78 is 21.7. The standard InChI is InChI=1S/C26H53N2O7P/c1-3-5-7-9-11-13-15-17-23(29)21-26(31)28-24(22-35-36(32,33)34-20-19-27)25(30)18-16-14-12-10-8-6-4-2/h13,15,23-25,29-30H,3-12,14,16-22,27H2,1-2H3,(H,28,31)(H,32,33)/b15-13-. The van der Waals surface area contributed by atoms with Gasteiger partial charge in [0.15, 0.2) is 0 Å². The Morgan fingerprint density at radius 3 is 2.19 bits per heavy atom. The maximum Gasteiger partial charge on any atom is 0.472 e. The van der Waals surface area contributed by atoms with Crippen molar-refractivity contribution >= 4 is 13.7 Å². The lowest BCUT2D eigenvalue weighted by Crippen LogP contribution is -2.47. The summed E-state index contributed by atoms with van der Waals surface area (Å²) in [5, 5.41) is 23.5. The topological polar surface area (TPSA) is 151 Å². The van der Waals surface area contributed by atoms with Crippen LogP contribution >= 0.6 is 7.82 Å². The number of aliphatic hydroxyl groups is 2. The van der Waals surface area contributed by atoms with E-state index in [1.165, 1.54) is 38.5 Å². The Balaban J connectivity index is 4.66. The van der Waals surface area contributed by atoms with Gasteiger partial charge in [-0.3, -0.25) is 13.8 Å². The molecule has 0 saturated carbocycles. The number of hydrogen-bond donors (Lipinski definition) is 5. The summed E-state index contributed by atoms with van der Waals surface area (Å²) in [5.74, 6) is -0.457. The second-order valence-corrected chi connectivity index (χ2v) is 10.9. The Bertz CT molecular complexity index is 607. The SMILES string of the molecule is CCCCCC/C=C\CC(O)CC(=O)NC(COP(=O)(O)OCCN)C(O)CCCCCCCCC. The van der Waals surface area contributed by atoms with Gasteiger partial charge in [-0.15, -0.1) is 0 Å². The van der Waals surface area contributed by atoms with Crippen LogP contribution in [0.25, 0.3) is 0 Å². The normalized spacial score (nSPS) is 16.1. The lowest BCUT2D eigenvalue weighted by atomic mass is 10.0. The van der Waals surface area contributed by atoms with Crippen molar-refractivity contribution in [3.8, 4) is 0 Å². The van der Waals surface area contributed by atoms with Crippen LogP contribution in [-0.2, 0) is 18.4 Å². The molecule has 0 rings (SSSR count). The molecule has 9 nitrogen and oxygen atoms in total. The van der Waals surface area contributed by atoms with Gasteiger partial charge in [-0.25, -0.2) is 4.57 Å². The largest absolute Gasteiger partial charge is 0.472 e. The molecule has 36 heavy (non-hydrogen) atoms. The van der Waals surface area contributed by atoms with E-state index in [2.05, 4.69) is 19.2 Å². The molecule has 0 heterocycles. The molecule has 214 valence electrons. The van der Waals surface area contributed by atoms with Gasteiger partial charge in [0.2, 0.25) is 5.91 Å². The first kappa shape index (κ1) is 35.2. The molecule has 6 N–H and O–H groups in total. The van der Waals surface area contributed by atoms with Crippen molar-refractivity contribution in [2.75, 3.05) is 19.8 Å². The molecule has 0 fully saturated rings. The highest BCUT2D eigenvalue weighted by Crippen LogP contribution is 2.43. The van der Waals surface area contributed by atoms with E-state index in [0.29, 0.717) is 12.8 Å². The molecule has 0 aromatic carbocycles. The molecular formula is C26H53N2O7P. The monoisotopic (exact) mass is 536 g/mol. The number of carbonyl (C=O) groups excluding carboxylic acids is 1. The van der Waals surface area contributed by atoms with Gasteiger partial charge < -0.3 is 26.2 Å². The molecule has 0 saturated heterocycles. The van der Waals surface area contributed by atoms with Gasteiger partial charge in [-0.05, 0) is 25.7 Å². The quantitative estimate of drug-likeness (QED) is 0.0638. The van der Waals surface area contributed by atoms with Crippen LogP contribution in [0, 0.1) is 0 Å². The maximum absolute atomic E-state index is 12.5. The third kappa shape index (κ3) is 21.3. The van der Waals surface area contributed by atoms with Gasteiger partial charge in [0, 0.05) is 6.54 Å². The molecule has 4 unspecified atom stereocenters. The molecule has 0 aliphatic rings. The maximum atomic E-state index is 12.5. The van der Waals surface area contributed by atoms with E-state index in [1.54, 1.807) is 0 Å². The van der Waals surface area contributed by atoms with Crippen LogP contribution in [0.3, 0.4) is 0 Å². The zero-order valence-electron chi connectivity index (χ0n) is 22.6. The number of amides is 1. The van der Waals surface area contributed by atoms with Crippen molar-refractivity contribution in [3.05, 3.63) is 12.2 Å². The first-order chi connectivity index (χ1) is 17.3. The van der Waals surface area contributed by atoms with E-state index in [-0.39, 0.29) is 19.6 Å². The molecule has 0 aromatic heterocycles. The number of nitrogens with one attached hydrogen (secondary N) is 1. The molecule has 4 atom stereocenters. The summed E-state index contributed by atoms with van der Waals surface area (Å²) in [6.45, 7) is 3.85. The molecule has 0 radical (unpaired) electrons. The average Bonchev–Trinajstić information content (AvgIpc) is 2.84. The van der Waals surface area contributed by atoms with Gasteiger partial charge in [-0.1, -0.05) is 90.2 Å². The molecule has 0 aromatic rings. The van der Waals surface area contributed by atoms with Gasteiger partial charge in [0.05, 0.1) is 37.9 Å². The fourth-order valence-corrected chi connectivity index (χ4v) is 4.52. The number of carbonyl (C=O) groups is 1. The van der Waals surface area contributed by atoms with Crippen molar-refractivity contribution in [1.82, 2.24) is 5.32 Å². The van der Waals surface area contributed by atoms with Crippen LogP contribution in [0.1, 0.15) is 110 Å². The van der Waals surface area contributed by atoms with E-state index >= 15 is 0 Å². The third-order valence-corrected chi connectivity index (χ3v) is 6.91. The van der Waals surface area contributed by atoms with Gasteiger partial charge >= 0.3 is 7.82 Å². The Morgan fingerprint density at radius 2 is 1.56 bits per heavy atom. The van der Waals surface area contributed by atoms with Crippen molar-refractivity contribution < 1.29 is 33.5 Å². The molecular weight excluding hydrogens is 483 g/mol. The van der Waals surface area contributed by atoms with Crippen LogP contribution in [0.5, 0.6) is 0 Å². The van der Waals surface area contributed by atoms with E-state index in [1.807, 2.05) is 12.2 Å². The lowest BCUT2D eigenvalue weighted by Gasteiger charge is -2.25.